The van der Waals surface area contributed by atoms with Gasteiger partial charge in [0.15, 0.2) is 0 Å². The summed E-state index contributed by atoms with van der Waals surface area (Å²) in [6.07, 6.45) is 0. The first-order valence-electron chi connectivity index (χ1n) is 6.04. The number of nitrogens with zero attached hydrogens (tertiary/aromatic N) is 1. The van der Waals surface area contributed by atoms with E-state index in [9.17, 15) is 0 Å². The molecule has 0 heterocycles. The fourth-order valence-corrected chi connectivity index (χ4v) is 2.18. The summed E-state index contributed by atoms with van der Waals surface area (Å²) in [6.45, 7) is 3.89. The second-order valence-corrected chi connectivity index (χ2v) is 4.68. The first-order chi connectivity index (χ1) is 8.69. The van der Waals surface area contributed by atoms with Crippen LogP contribution in [-0.4, -0.2) is 6.54 Å². The van der Waals surface area contributed by atoms with Gasteiger partial charge in [0.05, 0.1) is 0 Å². The van der Waals surface area contributed by atoms with Crippen LogP contribution in [0.5, 0.6) is 0 Å². The largest absolute Gasteiger partial charge is 0.399 e. The fraction of sp³-hybridized carbons (Fsp3) is 0.200. The lowest BCUT2D eigenvalue weighted by Gasteiger charge is -2.23. The van der Waals surface area contributed by atoms with Crippen molar-refractivity contribution in [1.29, 1.82) is 0 Å². The molecule has 0 spiro atoms. The van der Waals surface area contributed by atoms with Crippen LogP contribution in [0.15, 0.2) is 48.5 Å². The van der Waals surface area contributed by atoms with Crippen LogP contribution < -0.4 is 10.6 Å². The lowest BCUT2D eigenvalue weighted by molar-refractivity contribution is 0.832. The van der Waals surface area contributed by atoms with Gasteiger partial charge in [-0.2, -0.15) is 0 Å². The van der Waals surface area contributed by atoms with Gasteiger partial charge in [-0.3, -0.25) is 0 Å². The van der Waals surface area contributed by atoms with Crippen molar-refractivity contribution in [3.8, 4) is 0 Å². The molecule has 0 bridgehead atoms. The Hall–Kier alpha value is -1.67. The third kappa shape index (κ3) is 3.17. The summed E-state index contributed by atoms with van der Waals surface area (Å²) in [6, 6.07) is 15.9. The average Bonchev–Trinajstić information content (AvgIpc) is 2.36. The van der Waals surface area contributed by atoms with E-state index < -0.39 is 0 Å². The van der Waals surface area contributed by atoms with Crippen molar-refractivity contribution in [1.82, 2.24) is 0 Å². The highest BCUT2D eigenvalue weighted by Gasteiger charge is 2.05. The average molecular weight is 261 g/mol. The molecule has 0 saturated heterocycles. The maximum atomic E-state index is 6.00. The van der Waals surface area contributed by atoms with Gasteiger partial charge in [0.1, 0.15) is 0 Å². The predicted molar refractivity (Wildman–Crippen MR) is 79.0 cm³/mol. The molecular formula is C15H17ClN2. The van der Waals surface area contributed by atoms with Crippen molar-refractivity contribution in [2.45, 2.75) is 13.5 Å². The van der Waals surface area contributed by atoms with Gasteiger partial charge in [-0.15, -0.1) is 0 Å². The number of nitrogens with two attached hydrogens (primary N) is 1. The summed E-state index contributed by atoms with van der Waals surface area (Å²) in [5.74, 6) is 0. The van der Waals surface area contributed by atoms with E-state index in [2.05, 4.69) is 24.0 Å². The van der Waals surface area contributed by atoms with Gasteiger partial charge >= 0.3 is 0 Å². The smallest absolute Gasteiger partial charge is 0.0429 e. The van der Waals surface area contributed by atoms with Crippen LogP contribution in [0.25, 0.3) is 0 Å². The van der Waals surface area contributed by atoms with Gasteiger partial charge in [-0.25, -0.2) is 0 Å². The maximum absolute atomic E-state index is 6.00. The molecule has 0 aromatic heterocycles. The normalized spacial score (nSPS) is 10.3. The quantitative estimate of drug-likeness (QED) is 0.844. The summed E-state index contributed by atoms with van der Waals surface area (Å²) >= 11 is 6.00. The molecule has 94 valence electrons. The van der Waals surface area contributed by atoms with E-state index >= 15 is 0 Å². The highest BCUT2D eigenvalue weighted by Crippen LogP contribution is 2.20. The van der Waals surface area contributed by atoms with Crippen molar-refractivity contribution in [2.75, 3.05) is 17.2 Å². The van der Waals surface area contributed by atoms with E-state index in [0.29, 0.717) is 0 Å². The Morgan fingerprint density at radius 1 is 1.11 bits per heavy atom. The van der Waals surface area contributed by atoms with Gasteiger partial charge < -0.3 is 10.6 Å². The molecule has 0 fully saturated rings. The number of benzene rings is 2. The van der Waals surface area contributed by atoms with E-state index in [1.807, 2.05) is 36.4 Å². The van der Waals surface area contributed by atoms with Crippen LogP contribution in [0.3, 0.4) is 0 Å². The predicted octanol–water partition coefficient (Wildman–Crippen LogP) is 3.95. The van der Waals surface area contributed by atoms with Crippen molar-refractivity contribution in [3.63, 3.8) is 0 Å². The number of hydrogen-bond donors (Lipinski definition) is 1. The summed E-state index contributed by atoms with van der Waals surface area (Å²) in [5, 5.41) is 0.774. The van der Waals surface area contributed by atoms with Crippen molar-refractivity contribution in [2.24, 2.45) is 0 Å². The fourth-order valence-electron chi connectivity index (χ4n) is 1.96. The SMILES string of the molecule is CCN(Cc1cccc(Cl)c1)c1cccc(N)c1. The molecule has 0 unspecified atom stereocenters. The first-order valence-corrected chi connectivity index (χ1v) is 6.42. The zero-order chi connectivity index (χ0) is 13.0. The first kappa shape index (κ1) is 12.8. The molecule has 2 nitrogen and oxygen atoms in total. The minimum atomic E-state index is 0.774. The molecule has 2 N–H and O–H groups in total. The van der Waals surface area contributed by atoms with Crippen molar-refractivity contribution >= 4 is 23.0 Å². The molecule has 0 radical (unpaired) electrons. The number of rotatable bonds is 4. The van der Waals surface area contributed by atoms with Crippen LogP contribution in [0, 0.1) is 0 Å². The highest BCUT2D eigenvalue weighted by atomic mass is 35.5. The van der Waals surface area contributed by atoms with Crippen LogP contribution in [0.4, 0.5) is 11.4 Å². The number of nitrogen functional groups attached to an aromatic ring is 1. The Balaban J connectivity index is 2.19. The minimum Gasteiger partial charge on any atom is -0.399 e. The molecule has 0 atom stereocenters. The highest BCUT2D eigenvalue weighted by molar-refractivity contribution is 6.30. The maximum Gasteiger partial charge on any atom is 0.0429 e. The molecule has 0 aliphatic heterocycles. The molecule has 2 aromatic rings. The standard InChI is InChI=1S/C15H17ClN2/c1-2-18(15-8-4-7-14(17)10-15)11-12-5-3-6-13(16)9-12/h3-10H,2,11,17H2,1H3. The third-order valence-corrected chi connectivity index (χ3v) is 3.11. The van der Waals surface area contributed by atoms with Gasteiger partial charge in [-0.05, 0) is 42.8 Å². The summed E-state index contributed by atoms with van der Waals surface area (Å²) in [5.41, 5.74) is 8.95. The summed E-state index contributed by atoms with van der Waals surface area (Å²) in [7, 11) is 0. The molecule has 2 rings (SSSR count). The third-order valence-electron chi connectivity index (χ3n) is 2.88. The van der Waals surface area contributed by atoms with Crippen molar-refractivity contribution in [3.05, 3.63) is 59.1 Å². The van der Waals surface area contributed by atoms with Gasteiger partial charge in [0.25, 0.3) is 0 Å². The molecular weight excluding hydrogens is 244 g/mol. The van der Waals surface area contributed by atoms with E-state index in [1.54, 1.807) is 0 Å². The number of halogens is 1. The van der Waals surface area contributed by atoms with Crippen molar-refractivity contribution < 1.29 is 0 Å². The zero-order valence-electron chi connectivity index (χ0n) is 10.4. The molecule has 0 amide bonds. The topological polar surface area (TPSA) is 29.3 Å². The number of anilines is 2. The second kappa shape index (κ2) is 5.78. The van der Waals surface area contributed by atoms with Crippen LogP contribution >= 0.6 is 11.6 Å². The van der Waals surface area contributed by atoms with Gasteiger partial charge in [0.2, 0.25) is 0 Å². The van der Waals surface area contributed by atoms with E-state index in [0.717, 1.165) is 29.5 Å². The van der Waals surface area contributed by atoms with Gasteiger partial charge in [-0.1, -0.05) is 29.8 Å². The minimum absolute atomic E-state index is 0.774. The van der Waals surface area contributed by atoms with E-state index in [4.69, 9.17) is 17.3 Å². The lowest BCUT2D eigenvalue weighted by Crippen LogP contribution is -2.21. The van der Waals surface area contributed by atoms with Crippen LogP contribution in [-0.2, 0) is 6.54 Å². The molecule has 3 heteroatoms. The lowest BCUT2D eigenvalue weighted by atomic mass is 10.2. The van der Waals surface area contributed by atoms with Crippen LogP contribution in [0.2, 0.25) is 5.02 Å². The molecule has 0 aliphatic rings. The second-order valence-electron chi connectivity index (χ2n) is 4.24. The van der Waals surface area contributed by atoms with Crippen LogP contribution in [0.1, 0.15) is 12.5 Å². The Morgan fingerprint density at radius 2 is 1.89 bits per heavy atom. The summed E-state index contributed by atoms with van der Waals surface area (Å²) in [4.78, 5) is 2.27. The zero-order valence-corrected chi connectivity index (χ0v) is 11.2. The monoisotopic (exact) mass is 260 g/mol. The Labute approximate surface area is 113 Å². The Morgan fingerprint density at radius 3 is 2.56 bits per heavy atom. The Kier molecular flexibility index (Phi) is 4.11. The molecule has 2 aromatic carbocycles. The Bertz CT molecular complexity index is 525. The van der Waals surface area contributed by atoms with Gasteiger partial charge in [0, 0.05) is 29.5 Å². The molecule has 0 saturated carbocycles. The van der Waals surface area contributed by atoms with E-state index in [-0.39, 0.29) is 0 Å². The molecule has 18 heavy (non-hydrogen) atoms. The van der Waals surface area contributed by atoms with E-state index in [1.165, 1.54) is 5.56 Å². The molecule has 0 aliphatic carbocycles. The summed E-state index contributed by atoms with van der Waals surface area (Å²) < 4.78 is 0. The number of hydrogen-bond acceptors (Lipinski definition) is 2.